The zero-order valence-electron chi connectivity index (χ0n) is 24.4. The Morgan fingerprint density at radius 1 is 1.05 bits per heavy atom. The monoisotopic (exact) mass is 582 g/mol. The summed E-state index contributed by atoms with van der Waals surface area (Å²) in [6.07, 6.45) is 18.3. The molecule has 3 saturated carbocycles. The average molecular weight is 584 g/mol. The molecule has 214 valence electrons. The summed E-state index contributed by atoms with van der Waals surface area (Å²) in [5, 5.41) is 0.147. The van der Waals surface area contributed by atoms with E-state index < -0.39 is 0 Å². The molecule has 0 aromatic carbocycles. The second-order valence-corrected chi connectivity index (χ2v) is 15.2. The second-order valence-electron chi connectivity index (χ2n) is 13.7. The van der Waals surface area contributed by atoms with E-state index in [1.54, 1.807) is 0 Å². The number of rotatable bonds is 8. The maximum Gasteiger partial charge on any atom is 0.311 e. The van der Waals surface area contributed by atoms with Crippen molar-refractivity contribution in [2.24, 2.45) is 52.3 Å². The highest BCUT2D eigenvalue weighted by atomic mass is 35.5. The van der Waals surface area contributed by atoms with Gasteiger partial charge in [-0.25, -0.2) is 0 Å². The van der Waals surface area contributed by atoms with Crippen LogP contribution in [0, 0.1) is 52.3 Å². The fraction of sp³-hybridized carbons (Fsp3) is 0.788. The maximum atomic E-state index is 12.4. The van der Waals surface area contributed by atoms with Crippen LogP contribution in [0.4, 0.5) is 0 Å². The molecule has 0 aromatic rings. The van der Waals surface area contributed by atoms with Crippen LogP contribution in [0.3, 0.4) is 0 Å². The van der Waals surface area contributed by atoms with Crippen LogP contribution in [0.25, 0.3) is 0 Å². The summed E-state index contributed by atoms with van der Waals surface area (Å²) in [7, 11) is 0. The van der Waals surface area contributed by atoms with Gasteiger partial charge >= 0.3 is 5.97 Å². The first-order valence-corrected chi connectivity index (χ1v) is 16.3. The fourth-order valence-corrected chi connectivity index (χ4v) is 9.58. The molecular weight excluding hydrogens is 535 g/mol. The van der Waals surface area contributed by atoms with E-state index in [0.717, 1.165) is 42.9 Å². The van der Waals surface area contributed by atoms with Gasteiger partial charge in [-0.3, -0.25) is 4.79 Å². The largest absolute Gasteiger partial charge is 0.462 e. The van der Waals surface area contributed by atoms with Gasteiger partial charge in [0.15, 0.2) is 0 Å². The van der Waals surface area contributed by atoms with Gasteiger partial charge in [-0.15, -0.1) is 0 Å². The van der Waals surface area contributed by atoms with E-state index in [2.05, 4.69) is 59.8 Å². The molecule has 2 nitrogen and oxygen atoms in total. The summed E-state index contributed by atoms with van der Waals surface area (Å²) in [5.74, 6) is 4.88. The van der Waals surface area contributed by atoms with E-state index in [1.165, 1.54) is 44.1 Å². The minimum Gasteiger partial charge on any atom is -0.462 e. The molecular formula is C33H49Cl3O2. The van der Waals surface area contributed by atoms with Crippen LogP contribution in [0.1, 0.15) is 106 Å². The SMILES string of the molecule is CC[C@H](/C=C/[C@@H](C)[C@H]1CC[C@@H]2[C@H]3CC=C4C[C@@H](OC(=O)CC(Cl)=C(Cl)Cl)CC[C@]4(C)[C@H]3CC[C@@]21C)C(C)C. The summed E-state index contributed by atoms with van der Waals surface area (Å²) >= 11 is 17.4. The van der Waals surface area contributed by atoms with Crippen LogP contribution in [-0.2, 0) is 9.53 Å². The topological polar surface area (TPSA) is 26.3 Å². The number of esters is 1. The van der Waals surface area contributed by atoms with E-state index in [9.17, 15) is 4.79 Å². The predicted molar refractivity (Wildman–Crippen MR) is 161 cm³/mol. The highest BCUT2D eigenvalue weighted by Gasteiger charge is 2.59. The molecule has 5 heteroatoms. The molecule has 4 rings (SSSR count). The maximum absolute atomic E-state index is 12.4. The molecule has 9 atom stereocenters. The predicted octanol–water partition coefficient (Wildman–Crippen LogP) is 10.6. The standard InChI is InChI=1S/C33H49Cl3O2/c1-7-22(20(2)3)9-8-21(4)26-12-13-27-25-11-10-23-18-24(38-30(37)19-29(34)31(35)36)14-16-32(23,5)28(25)15-17-33(26,27)6/h8-10,20-22,24-28H,7,11-19H2,1-6H3/b9-8+/t21-,22-,24+,25-,26-,27-,28+,32+,33-/m1/s1. The Bertz CT molecular complexity index is 963. The lowest BCUT2D eigenvalue weighted by Crippen LogP contribution is -2.51. The molecule has 0 saturated heterocycles. The Labute approximate surface area is 247 Å². The first-order valence-electron chi connectivity index (χ1n) is 15.2. The summed E-state index contributed by atoms with van der Waals surface area (Å²) in [6.45, 7) is 14.7. The Morgan fingerprint density at radius 2 is 1.79 bits per heavy atom. The van der Waals surface area contributed by atoms with Crippen LogP contribution in [0.15, 0.2) is 33.3 Å². The quantitative estimate of drug-likeness (QED) is 0.210. The first-order chi connectivity index (χ1) is 17.9. The molecule has 0 N–H and O–H groups in total. The van der Waals surface area contributed by atoms with Crippen molar-refractivity contribution in [3.8, 4) is 0 Å². The number of carbonyl (C=O) groups is 1. The number of ether oxygens (including phenoxy) is 1. The zero-order chi connectivity index (χ0) is 27.8. The highest BCUT2D eigenvalue weighted by molar-refractivity contribution is 6.59. The average Bonchev–Trinajstić information content (AvgIpc) is 3.21. The van der Waals surface area contributed by atoms with Gasteiger partial charge in [-0.05, 0) is 104 Å². The third-order valence-electron chi connectivity index (χ3n) is 11.6. The highest BCUT2D eigenvalue weighted by Crippen LogP contribution is 2.67. The molecule has 0 heterocycles. The molecule has 0 bridgehead atoms. The third-order valence-corrected chi connectivity index (χ3v) is 12.5. The molecule has 0 radical (unpaired) electrons. The summed E-state index contributed by atoms with van der Waals surface area (Å²) < 4.78 is 5.74. The summed E-state index contributed by atoms with van der Waals surface area (Å²) in [5.41, 5.74) is 2.21. The molecule has 0 aliphatic heterocycles. The number of halogens is 3. The molecule has 3 fully saturated rings. The van der Waals surface area contributed by atoms with Crippen molar-refractivity contribution in [1.82, 2.24) is 0 Å². The van der Waals surface area contributed by atoms with Crippen molar-refractivity contribution in [3.05, 3.63) is 33.3 Å². The zero-order valence-corrected chi connectivity index (χ0v) is 26.6. The van der Waals surface area contributed by atoms with Crippen molar-refractivity contribution >= 4 is 40.8 Å². The Hall–Kier alpha value is -0.440. The normalized spacial score (nSPS) is 38.2. The minimum absolute atomic E-state index is 0.0625. The van der Waals surface area contributed by atoms with Crippen LogP contribution < -0.4 is 0 Å². The minimum atomic E-state index is -0.344. The molecule has 38 heavy (non-hydrogen) atoms. The Kier molecular flexibility index (Phi) is 9.80. The molecule has 0 spiro atoms. The number of hydrogen-bond donors (Lipinski definition) is 0. The fourth-order valence-electron chi connectivity index (χ4n) is 9.34. The van der Waals surface area contributed by atoms with E-state index in [1.807, 2.05) is 0 Å². The molecule has 4 aliphatic carbocycles. The van der Waals surface area contributed by atoms with Gasteiger partial charge < -0.3 is 4.74 Å². The first kappa shape index (κ1) is 30.5. The van der Waals surface area contributed by atoms with Gasteiger partial charge in [0, 0.05) is 6.42 Å². The molecule has 0 aromatic heterocycles. The Morgan fingerprint density at radius 3 is 2.45 bits per heavy atom. The van der Waals surface area contributed by atoms with E-state index in [0.29, 0.717) is 23.2 Å². The molecule has 4 aliphatic rings. The number of fused-ring (bicyclic) bond motifs is 5. The van der Waals surface area contributed by atoms with E-state index >= 15 is 0 Å². The summed E-state index contributed by atoms with van der Waals surface area (Å²) in [6, 6.07) is 0. The van der Waals surface area contributed by atoms with Crippen LogP contribution in [0.2, 0.25) is 0 Å². The smallest absolute Gasteiger partial charge is 0.311 e. The summed E-state index contributed by atoms with van der Waals surface area (Å²) in [4.78, 5) is 12.4. The van der Waals surface area contributed by atoms with Crippen LogP contribution in [-0.4, -0.2) is 12.1 Å². The van der Waals surface area contributed by atoms with Crippen molar-refractivity contribution in [3.63, 3.8) is 0 Å². The lowest BCUT2D eigenvalue weighted by molar-refractivity contribution is -0.150. The Balaban J connectivity index is 1.44. The van der Waals surface area contributed by atoms with Crippen molar-refractivity contribution in [1.29, 1.82) is 0 Å². The van der Waals surface area contributed by atoms with E-state index in [4.69, 9.17) is 39.5 Å². The number of hydrogen-bond acceptors (Lipinski definition) is 2. The molecule has 0 amide bonds. The van der Waals surface area contributed by atoms with E-state index in [-0.39, 0.29) is 33.4 Å². The van der Waals surface area contributed by atoms with Gasteiger partial charge in [0.2, 0.25) is 0 Å². The molecule has 0 unspecified atom stereocenters. The van der Waals surface area contributed by atoms with Gasteiger partial charge in [0.25, 0.3) is 0 Å². The second kappa shape index (κ2) is 12.2. The lowest BCUT2D eigenvalue weighted by atomic mass is 9.47. The third kappa shape index (κ3) is 5.94. The van der Waals surface area contributed by atoms with Gasteiger partial charge in [-0.2, -0.15) is 0 Å². The lowest BCUT2D eigenvalue weighted by Gasteiger charge is -2.58. The van der Waals surface area contributed by atoms with Gasteiger partial charge in [0.05, 0.1) is 11.5 Å². The number of carbonyl (C=O) groups excluding carboxylic acids is 1. The number of allylic oxidation sites excluding steroid dienone is 3. The van der Waals surface area contributed by atoms with Crippen molar-refractivity contribution in [2.75, 3.05) is 0 Å². The van der Waals surface area contributed by atoms with Crippen LogP contribution in [0.5, 0.6) is 0 Å². The van der Waals surface area contributed by atoms with Crippen molar-refractivity contribution < 1.29 is 9.53 Å². The van der Waals surface area contributed by atoms with Crippen molar-refractivity contribution in [2.45, 2.75) is 112 Å². The van der Waals surface area contributed by atoms with Crippen LogP contribution >= 0.6 is 34.8 Å². The van der Waals surface area contributed by atoms with Gasteiger partial charge in [0.1, 0.15) is 10.6 Å². The van der Waals surface area contributed by atoms with Gasteiger partial charge in [-0.1, -0.05) is 100 Å².